The van der Waals surface area contributed by atoms with Crippen LogP contribution in [0.15, 0.2) is 6.20 Å². The molecule has 0 amide bonds. The first-order chi connectivity index (χ1) is 7.19. The molecular weight excluding hydrogens is 188 g/mol. The minimum Gasteiger partial charge on any atom is -0.339 e. The van der Waals surface area contributed by atoms with Crippen molar-refractivity contribution in [3.05, 3.63) is 11.9 Å². The van der Waals surface area contributed by atoms with Crippen molar-refractivity contribution in [2.75, 3.05) is 18.0 Å². The SMILES string of the molecule is CCc1cnc(N2CC(C)NC(C)C2)[nH]1. The smallest absolute Gasteiger partial charge is 0.203 e. The number of aryl methyl sites for hydroxylation is 1. The highest BCUT2D eigenvalue weighted by atomic mass is 15.3. The summed E-state index contributed by atoms with van der Waals surface area (Å²) in [4.78, 5) is 10.1. The van der Waals surface area contributed by atoms with Crippen LogP contribution in [-0.4, -0.2) is 35.1 Å². The van der Waals surface area contributed by atoms with Crippen molar-refractivity contribution >= 4 is 5.95 Å². The summed E-state index contributed by atoms with van der Waals surface area (Å²) < 4.78 is 0. The van der Waals surface area contributed by atoms with Gasteiger partial charge in [-0.25, -0.2) is 4.98 Å². The maximum Gasteiger partial charge on any atom is 0.203 e. The van der Waals surface area contributed by atoms with Gasteiger partial charge in [-0.2, -0.15) is 0 Å². The Morgan fingerprint density at radius 3 is 2.60 bits per heavy atom. The Kier molecular flexibility index (Phi) is 2.95. The van der Waals surface area contributed by atoms with Gasteiger partial charge in [0.25, 0.3) is 0 Å². The first-order valence-electron chi connectivity index (χ1n) is 5.74. The Labute approximate surface area is 91.1 Å². The minimum absolute atomic E-state index is 0.531. The van der Waals surface area contributed by atoms with E-state index in [1.54, 1.807) is 0 Å². The van der Waals surface area contributed by atoms with Gasteiger partial charge in [0.1, 0.15) is 0 Å². The highest BCUT2D eigenvalue weighted by molar-refractivity contribution is 5.33. The van der Waals surface area contributed by atoms with Crippen LogP contribution in [-0.2, 0) is 6.42 Å². The van der Waals surface area contributed by atoms with Crippen LogP contribution in [0, 0.1) is 0 Å². The van der Waals surface area contributed by atoms with Crippen LogP contribution >= 0.6 is 0 Å². The van der Waals surface area contributed by atoms with E-state index >= 15 is 0 Å². The van der Waals surface area contributed by atoms with Gasteiger partial charge in [-0.1, -0.05) is 6.92 Å². The van der Waals surface area contributed by atoms with E-state index in [4.69, 9.17) is 0 Å². The molecule has 1 saturated heterocycles. The lowest BCUT2D eigenvalue weighted by Crippen LogP contribution is -2.54. The van der Waals surface area contributed by atoms with Gasteiger partial charge >= 0.3 is 0 Å². The van der Waals surface area contributed by atoms with Crippen LogP contribution in [0.4, 0.5) is 5.95 Å². The van der Waals surface area contributed by atoms with Crippen molar-refractivity contribution in [1.29, 1.82) is 0 Å². The predicted octanol–water partition coefficient (Wildman–Crippen LogP) is 1.16. The summed E-state index contributed by atoms with van der Waals surface area (Å²) in [5.74, 6) is 1.02. The second-order valence-corrected chi connectivity index (χ2v) is 4.46. The zero-order chi connectivity index (χ0) is 10.8. The summed E-state index contributed by atoms with van der Waals surface area (Å²) in [5.41, 5.74) is 1.21. The molecule has 0 radical (unpaired) electrons. The summed E-state index contributed by atoms with van der Waals surface area (Å²) in [6.07, 6.45) is 2.96. The number of H-pyrrole nitrogens is 1. The number of aromatic amines is 1. The molecule has 4 heteroatoms. The lowest BCUT2D eigenvalue weighted by atomic mass is 10.1. The number of anilines is 1. The molecule has 0 saturated carbocycles. The molecule has 15 heavy (non-hydrogen) atoms. The summed E-state index contributed by atoms with van der Waals surface area (Å²) in [6.45, 7) is 8.63. The predicted molar refractivity (Wildman–Crippen MR) is 62.2 cm³/mol. The van der Waals surface area contributed by atoms with Crippen LogP contribution < -0.4 is 10.2 Å². The monoisotopic (exact) mass is 208 g/mol. The molecule has 2 unspecified atom stereocenters. The van der Waals surface area contributed by atoms with Crippen LogP contribution in [0.25, 0.3) is 0 Å². The average Bonchev–Trinajstić information content (AvgIpc) is 2.64. The van der Waals surface area contributed by atoms with Crippen molar-refractivity contribution in [3.63, 3.8) is 0 Å². The van der Waals surface area contributed by atoms with Crippen molar-refractivity contribution < 1.29 is 0 Å². The third-order valence-corrected chi connectivity index (χ3v) is 2.85. The van der Waals surface area contributed by atoms with Crippen LogP contribution in [0.1, 0.15) is 26.5 Å². The van der Waals surface area contributed by atoms with Crippen LogP contribution in [0.2, 0.25) is 0 Å². The molecule has 4 nitrogen and oxygen atoms in total. The van der Waals surface area contributed by atoms with E-state index < -0.39 is 0 Å². The number of imidazole rings is 1. The van der Waals surface area contributed by atoms with Crippen molar-refractivity contribution in [3.8, 4) is 0 Å². The van der Waals surface area contributed by atoms with Gasteiger partial charge in [-0.15, -0.1) is 0 Å². The molecule has 1 fully saturated rings. The van der Waals surface area contributed by atoms with E-state index in [9.17, 15) is 0 Å². The quantitative estimate of drug-likeness (QED) is 0.766. The number of hydrogen-bond acceptors (Lipinski definition) is 3. The third-order valence-electron chi connectivity index (χ3n) is 2.85. The lowest BCUT2D eigenvalue weighted by Gasteiger charge is -2.35. The number of piperazine rings is 1. The van der Waals surface area contributed by atoms with Crippen LogP contribution in [0.3, 0.4) is 0 Å². The van der Waals surface area contributed by atoms with Crippen molar-refractivity contribution in [2.45, 2.75) is 39.3 Å². The molecular formula is C11H20N4. The van der Waals surface area contributed by atoms with Crippen LogP contribution in [0.5, 0.6) is 0 Å². The van der Waals surface area contributed by atoms with Gasteiger partial charge in [0.2, 0.25) is 5.95 Å². The van der Waals surface area contributed by atoms with E-state index in [2.05, 4.69) is 41.0 Å². The first-order valence-corrected chi connectivity index (χ1v) is 5.74. The van der Waals surface area contributed by atoms with Gasteiger partial charge in [0, 0.05) is 30.9 Å². The Morgan fingerprint density at radius 2 is 2.07 bits per heavy atom. The Morgan fingerprint density at radius 1 is 1.40 bits per heavy atom. The van der Waals surface area contributed by atoms with Gasteiger partial charge < -0.3 is 15.2 Å². The third kappa shape index (κ3) is 2.31. The van der Waals surface area contributed by atoms with Gasteiger partial charge in [-0.3, -0.25) is 0 Å². The standard InChI is InChI=1S/C11H20N4/c1-4-10-5-12-11(14-10)15-6-8(2)13-9(3)7-15/h5,8-9,13H,4,6-7H2,1-3H3,(H,12,14). The number of rotatable bonds is 2. The Bertz CT molecular complexity index is 310. The van der Waals surface area contributed by atoms with Crippen molar-refractivity contribution in [2.24, 2.45) is 0 Å². The van der Waals surface area contributed by atoms with Gasteiger partial charge in [-0.05, 0) is 20.3 Å². The average molecular weight is 208 g/mol. The normalized spacial score (nSPS) is 27.0. The zero-order valence-corrected chi connectivity index (χ0v) is 9.75. The van der Waals surface area contributed by atoms with Gasteiger partial charge in [0.05, 0.1) is 6.20 Å². The lowest BCUT2D eigenvalue weighted by molar-refractivity contribution is 0.403. The summed E-state index contributed by atoms with van der Waals surface area (Å²) >= 11 is 0. The molecule has 1 aliphatic heterocycles. The Balaban J connectivity index is 2.09. The summed E-state index contributed by atoms with van der Waals surface area (Å²) in [5, 5.41) is 3.52. The van der Waals surface area contributed by atoms with E-state index in [1.807, 2.05) is 6.20 Å². The molecule has 1 aromatic heterocycles. The second kappa shape index (κ2) is 4.23. The second-order valence-electron chi connectivity index (χ2n) is 4.46. The van der Waals surface area contributed by atoms with E-state index in [0.717, 1.165) is 25.5 Å². The van der Waals surface area contributed by atoms with E-state index in [-0.39, 0.29) is 0 Å². The fraction of sp³-hybridized carbons (Fsp3) is 0.727. The van der Waals surface area contributed by atoms with Gasteiger partial charge in [0.15, 0.2) is 0 Å². The number of aromatic nitrogens is 2. The molecule has 2 rings (SSSR count). The van der Waals surface area contributed by atoms with E-state index in [1.165, 1.54) is 5.69 Å². The molecule has 1 aromatic rings. The molecule has 0 aromatic carbocycles. The minimum atomic E-state index is 0.531. The molecule has 0 bridgehead atoms. The Hall–Kier alpha value is -1.03. The molecule has 2 N–H and O–H groups in total. The summed E-state index contributed by atoms with van der Waals surface area (Å²) in [6, 6.07) is 1.06. The molecule has 84 valence electrons. The highest BCUT2D eigenvalue weighted by Crippen LogP contribution is 2.13. The zero-order valence-electron chi connectivity index (χ0n) is 9.75. The molecule has 1 aliphatic rings. The molecule has 2 heterocycles. The molecule has 0 spiro atoms. The number of nitrogens with one attached hydrogen (secondary N) is 2. The summed E-state index contributed by atoms with van der Waals surface area (Å²) in [7, 11) is 0. The fourth-order valence-corrected chi connectivity index (χ4v) is 2.19. The molecule has 0 aliphatic carbocycles. The van der Waals surface area contributed by atoms with Crippen molar-refractivity contribution in [1.82, 2.24) is 15.3 Å². The molecule has 2 atom stereocenters. The maximum atomic E-state index is 4.42. The number of nitrogens with zero attached hydrogens (tertiary/aromatic N) is 2. The highest BCUT2D eigenvalue weighted by Gasteiger charge is 2.22. The first kappa shape index (κ1) is 10.5. The largest absolute Gasteiger partial charge is 0.339 e. The maximum absolute atomic E-state index is 4.42. The van der Waals surface area contributed by atoms with E-state index in [0.29, 0.717) is 12.1 Å². The fourth-order valence-electron chi connectivity index (χ4n) is 2.19. The number of hydrogen-bond donors (Lipinski definition) is 2. The topological polar surface area (TPSA) is 44.0 Å².